The predicted molar refractivity (Wildman–Crippen MR) is 108 cm³/mol. The molecular weight excluding hydrogens is 320 g/mol. The molecule has 0 fully saturated rings. The molecule has 1 aromatic carbocycles. The van der Waals surface area contributed by atoms with Crippen molar-refractivity contribution in [2.45, 2.75) is 45.7 Å². The molecule has 0 saturated heterocycles. The molecule has 4 nitrogen and oxygen atoms in total. The number of nitrogens with two attached hydrogens (primary N) is 1. The van der Waals surface area contributed by atoms with E-state index in [1.54, 1.807) is 0 Å². The van der Waals surface area contributed by atoms with Crippen molar-refractivity contribution in [3.05, 3.63) is 71.3 Å². The van der Waals surface area contributed by atoms with Crippen LogP contribution < -0.4 is 11.1 Å². The molecule has 0 aliphatic heterocycles. The highest BCUT2D eigenvalue weighted by Gasteiger charge is 2.13. The van der Waals surface area contributed by atoms with Gasteiger partial charge in [0, 0.05) is 42.5 Å². The van der Waals surface area contributed by atoms with E-state index in [1.165, 1.54) is 21.9 Å². The Morgan fingerprint density at radius 3 is 2.73 bits per heavy atom. The zero-order valence-electron chi connectivity index (χ0n) is 15.7. The van der Waals surface area contributed by atoms with E-state index in [2.05, 4.69) is 65.5 Å². The molecule has 1 atom stereocenters. The Bertz CT molecular complexity index is 854. The molecule has 1 unspecified atom stereocenters. The molecule has 0 bridgehead atoms. The minimum atomic E-state index is 0.341. The van der Waals surface area contributed by atoms with Gasteiger partial charge in [-0.3, -0.25) is 9.97 Å². The number of benzene rings is 1. The second kappa shape index (κ2) is 8.88. The lowest BCUT2D eigenvalue weighted by atomic mass is 10.0. The van der Waals surface area contributed by atoms with Crippen LogP contribution in [0.4, 0.5) is 0 Å². The topological polar surface area (TPSA) is 63.8 Å². The van der Waals surface area contributed by atoms with Crippen LogP contribution in [-0.2, 0) is 13.0 Å². The summed E-state index contributed by atoms with van der Waals surface area (Å²) in [6.45, 7) is 5.69. The van der Waals surface area contributed by atoms with Gasteiger partial charge in [-0.2, -0.15) is 0 Å². The van der Waals surface area contributed by atoms with E-state index >= 15 is 0 Å². The van der Waals surface area contributed by atoms with Gasteiger partial charge in [0.15, 0.2) is 0 Å². The van der Waals surface area contributed by atoms with Gasteiger partial charge in [0.05, 0.1) is 5.69 Å². The Kier molecular flexibility index (Phi) is 6.31. The molecule has 26 heavy (non-hydrogen) atoms. The van der Waals surface area contributed by atoms with E-state index in [-0.39, 0.29) is 0 Å². The number of pyridine rings is 2. The Morgan fingerprint density at radius 2 is 1.92 bits per heavy atom. The largest absolute Gasteiger partial charge is 0.330 e. The number of hydrogen-bond donors (Lipinski definition) is 2. The molecule has 3 N–H and O–H groups in total. The van der Waals surface area contributed by atoms with E-state index < -0.39 is 0 Å². The second-order valence-electron chi connectivity index (χ2n) is 6.97. The lowest BCUT2D eigenvalue weighted by molar-refractivity contribution is 0.459. The predicted octanol–water partition coefficient (Wildman–Crippen LogP) is 3.69. The summed E-state index contributed by atoms with van der Waals surface area (Å²) in [5.74, 6) is 0. The number of fused-ring (bicyclic) bond motifs is 1. The monoisotopic (exact) mass is 348 g/mol. The van der Waals surface area contributed by atoms with Crippen molar-refractivity contribution >= 4 is 10.8 Å². The smallest absolute Gasteiger partial charge is 0.0619 e. The lowest BCUT2D eigenvalue weighted by Gasteiger charge is -2.20. The fourth-order valence-corrected chi connectivity index (χ4v) is 3.40. The Labute approximate surface area is 155 Å². The van der Waals surface area contributed by atoms with Gasteiger partial charge < -0.3 is 11.1 Å². The third kappa shape index (κ3) is 4.65. The van der Waals surface area contributed by atoms with Crippen LogP contribution in [-0.4, -0.2) is 22.6 Å². The number of aromatic nitrogens is 2. The van der Waals surface area contributed by atoms with Crippen LogP contribution in [0.1, 0.15) is 35.4 Å². The minimum absolute atomic E-state index is 0.341. The second-order valence-corrected chi connectivity index (χ2v) is 6.97. The van der Waals surface area contributed by atoms with E-state index in [9.17, 15) is 0 Å². The average Bonchev–Trinajstić information content (AvgIpc) is 2.65. The number of nitrogens with zero attached hydrogens (tertiary/aromatic N) is 2. The summed E-state index contributed by atoms with van der Waals surface area (Å²) >= 11 is 0. The van der Waals surface area contributed by atoms with E-state index in [0.29, 0.717) is 12.6 Å². The molecule has 0 amide bonds. The van der Waals surface area contributed by atoms with Crippen LogP contribution in [0.15, 0.2) is 48.8 Å². The van der Waals surface area contributed by atoms with Gasteiger partial charge in [-0.25, -0.2) is 0 Å². The van der Waals surface area contributed by atoms with E-state index in [1.807, 2.05) is 12.4 Å². The van der Waals surface area contributed by atoms with Gasteiger partial charge in [0.25, 0.3) is 0 Å². The lowest BCUT2D eigenvalue weighted by Crippen LogP contribution is -2.32. The number of hydrogen-bond acceptors (Lipinski definition) is 4. The van der Waals surface area contributed by atoms with Gasteiger partial charge >= 0.3 is 0 Å². The van der Waals surface area contributed by atoms with Gasteiger partial charge in [-0.05, 0) is 55.8 Å². The van der Waals surface area contributed by atoms with Crippen molar-refractivity contribution in [1.82, 2.24) is 15.3 Å². The van der Waals surface area contributed by atoms with Crippen molar-refractivity contribution in [3.63, 3.8) is 0 Å². The van der Waals surface area contributed by atoms with Crippen LogP contribution in [0.5, 0.6) is 0 Å². The van der Waals surface area contributed by atoms with Gasteiger partial charge in [0.2, 0.25) is 0 Å². The highest BCUT2D eigenvalue weighted by Crippen LogP contribution is 2.17. The molecule has 0 saturated carbocycles. The highest BCUT2D eigenvalue weighted by atomic mass is 14.9. The maximum atomic E-state index is 5.75. The zero-order chi connectivity index (χ0) is 18.4. The first kappa shape index (κ1) is 18.5. The third-order valence-electron chi connectivity index (χ3n) is 4.83. The molecule has 3 aromatic rings. The Balaban J connectivity index is 1.73. The molecule has 136 valence electrons. The van der Waals surface area contributed by atoms with Crippen LogP contribution in [0.3, 0.4) is 0 Å². The number of rotatable bonds is 8. The van der Waals surface area contributed by atoms with Crippen LogP contribution in [0.2, 0.25) is 0 Å². The molecule has 4 heteroatoms. The Morgan fingerprint density at radius 1 is 1.08 bits per heavy atom. The normalized spacial score (nSPS) is 12.4. The first-order valence-electron chi connectivity index (χ1n) is 9.35. The van der Waals surface area contributed by atoms with Gasteiger partial charge in [-0.15, -0.1) is 0 Å². The standard InChI is InChI=1S/C22H28N4/c1-16-12-17(2)21(26-14-16)13-19(7-5-10-23)25-15-22-20-8-4-3-6-18(20)9-11-24-22/h3-4,6,8-9,11-12,14,19,25H,5,7,10,13,15,23H2,1-2H3. The van der Waals surface area contributed by atoms with E-state index in [4.69, 9.17) is 5.73 Å². The fourth-order valence-electron chi connectivity index (χ4n) is 3.40. The number of nitrogens with one attached hydrogen (secondary N) is 1. The summed E-state index contributed by atoms with van der Waals surface area (Å²) in [6.07, 6.45) is 6.80. The maximum Gasteiger partial charge on any atom is 0.0619 e. The quantitative estimate of drug-likeness (QED) is 0.652. The summed E-state index contributed by atoms with van der Waals surface area (Å²) in [5.41, 5.74) is 10.5. The van der Waals surface area contributed by atoms with Crippen LogP contribution >= 0.6 is 0 Å². The van der Waals surface area contributed by atoms with Crippen molar-refractivity contribution in [2.24, 2.45) is 5.73 Å². The van der Waals surface area contributed by atoms with Gasteiger partial charge in [0.1, 0.15) is 0 Å². The molecular formula is C22H28N4. The molecule has 0 aliphatic rings. The third-order valence-corrected chi connectivity index (χ3v) is 4.83. The Hall–Kier alpha value is -2.30. The van der Waals surface area contributed by atoms with Crippen molar-refractivity contribution in [2.75, 3.05) is 6.54 Å². The summed E-state index contributed by atoms with van der Waals surface area (Å²) in [5, 5.41) is 6.14. The SMILES string of the molecule is Cc1cnc(CC(CCCN)NCc2nccc3ccccc23)c(C)c1. The molecule has 3 rings (SSSR count). The molecule has 0 radical (unpaired) electrons. The average molecular weight is 348 g/mol. The first-order valence-corrected chi connectivity index (χ1v) is 9.35. The molecule has 0 aliphatic carbocycles. The summed E-state index contributed by atoms with van der Waals surface area (Å²) in [4.78, 5) is 9.24. The number of aryl methyl sites for hydroxylation is 2. The summed E-state index contributed by atoms with van der Waals surface area (Å²) in [6, 6.07) is 13.0. The highest BCUT2D eigenvalue weighted by molar-refractivity contribution is 5.84. The molecule has 2 heterocycles. The fraction of sp³-hybridized carbons (Fsp3) is 0.364. The first-order chi connectivity index (χ1) is 12.7. The van der Waals surface area contributed by atoms with Gasteiger partial charge in [-0.1, -0.05) is 30.3 Å². The van der Waals surface area contributed by atoms with Crippen molar-refractivity contribution in [3.8, 4) is 0 Å². The molecule has 0 spiro atoms. The van der Waals surface area contributed by atoms with Crippen LogP contribution in [0, 0.1) is 13.8 Å². The minimum Gasteiger partial charge on any atom is -0.330 e. The zero-order valence-corrected chi connectivity index (χ0v) is 15.7. The van der Waals surface area contributed by atoms with E-state index in [0.717, 1.165) is 37.2 Å². The molecule has 2 aromatic heterocycles. The van der Waals surface area contributed by atoms with Crippen LogP contribution in [0.25, 0.3) is 10.8 Å². The maximum absolute atomic E-state index is 5.75. The summed E-state index contributed by atoms with van der Waals surface area (Å²) in [7, 11) is 0. The summed E-state index contributed by atoms with van der Waals surface area (Å²) < 4.78 is 0. The van der Waals surface area contributed by atoms with Crippen molar-refractivity contribution in [1.29, 1.82) is 0 Å². The van der Waals surface area contributed by atoms with Crippen molar-refractivity contribution < 1.29 is 0 Å².